The van der Waals surface area contributed by atoms with Crippen LogP contribution in [0.15, 0.2) is 0 Å². The molecule has 1 rings (SSSR count). The minimum Gasteiger partial charge on any atom is -0.383 e. The summed E-state index contributed by atoms with van der Waals surface area (Å²) in [6.45, 7) is 4.18. The molecule has 1 heterocycles. The molecule has 0 aromatic rings. The van der Waals surface area contributed by atoms with Crippen LogP contribution in [0.2, 0.25) is 0 Å². The summed E-state index contributed by atoms with van der Waals surface area (Å²) in [4.78, 5) is 16.0. The lowest BCUT2D eigenvalue weighted by Crippen LogP contribution is -2.46. The number of ether oxygens (including phenoxy) is 1. The van der Waals surface area contributed by atoms with E-state index in [0.29, 0.717) is 13.2 Å². The van der Waals surface area contributed by atoms with E-state index in [4.69, 9.17) is 10.00 Å². The molecule has 1 amide bonds. The molecule has 5 nitrogen and oxygen atoms in total. The van der Waals surface area contributed by atoms with Crippen LogP contribution in [-0.2, 0) is 9.53 Å². The lowest BCUT2D eigenvalue weighted by Gasteiger charge is -2.28. The summed E-state index contributed by atoms with van der Waals surface area (Å²) in [6, 6.07) is 2.03. The van der Waals surface area contributed by atoms with Gasteiger partial charge in [-0.25, -0.2) is 0 Å². The number of amides is 1. The van der Waals surface area contributed by atoms with E-state index in [1.807, 2.05) is 14.0 Å². The highest BCUT2D eigenvalue weighted by Crippen LogP contribution is 2.17. The third kappa shape index (κ3) is 3.42. The first-order valence-electron chi connectivity index (χ1n) is 5.98. The Labute approximate surface area is 103 Å². The predicted molar refractivity (Wildman–Crippen MR) is 64.3 cm³/mol. The van der Waals surface area contributed by atoms with Gasteiger partial charge in [0.05, 0.1) is 19.1 Å². The minimum absolute atomic E-state index is 0.0488. The first kappa shape index (κ1) is 13.9. The number of methoxy groups -OCH3 is 1. The zero-order valence-corrected chi connectivity index (χ0v) is 10.8. The van der Waals surface area contributed by atoms with Crippen molar-refractivity contribution in [3.63, 3.8) is 0 Å². The SMILES string of the molecule is COCCN1CCC(C)N(C)C(=O)C1CC#N. The van der Waals surface area contributed by atoms with E-state index < -0.39 is 0 Å². The van der Waals surface area contributed by atoms with E-state index in [2.05, 4.69) is 11.0 Å². The number of carbonyl (C=O) groups is 1. The van der Waals surface area contributed by atoms with Crippen molar-refractivity contribution in [1.82, 2.24) is 9.80 Å². The largest absolute Gasteiger partial charge is 0.383 e. The van der Waals surface area contributed by atoms with Gasteiger partial charge in [0.15, 0.2) is 0 Å². The maximum Gasteiger partial charge on any atom is 0.240 e. The Hall–Kier alpha value is -1.12. The van der Waals surface area contributed by atoms with Gasteiger partial charge in [-0.05, 0) is 13.3 Å². The highest BCUT2D eigenvalue weighted by Gasteiger charge is 2.33. The number of hydrogen-bond acceptors (Lipinski definition) is 4. The van der Waals surface area contributed by atoms with Crippen molar-refractivity contribution in [3.8, 4) is 6.07 Å². The third-order valence-corrected chi connectivity index (χ3v) is 3.44. The van der Waals surface area contributed by atoms with Gasteiger partial charge in [0.2, 0.25) is 5.91 Å². The first-order chi connectivity index (χ1) is 8.11. The maximum absolute atomic E-state index is 12.2. The van der Waals surface area contributed by atoms with Crippen LogP contribution in [0.1, 0.15) is 19.8 Å². The van der Waals surface area contributed by atoms with Crippen molar-refractivity contribution < 1.29 is 9.53 Å². The lowest BCUT2D eigenvalue weighted by atomic mass is 10.1. The second-order valence-electron chi connectivity index (χ2n) is 4.49. The van der Waals surface area contributed by atoms with Crippen molar-refractivity contribution in [2.45, 2.75) is 31.8 Å². The molecule has 0 bridgehead atoms. The molecule has 0 radical (unpaired) electrons. The number of nitrogens with zero attached hydrogens (tertiary/aromatic N) is 3. The van der Waals surface area contributed by atoms with Crippen LogP contribution >= 0.6 is 0 Å². The van der Waals surface area contributed by atoms with Gasteiger partial charge < -0.3 is 9.64 Å². The fraction of sp³-hybridized carbons (Fsp3) is 0.833. The summed E-state index contributed by atoms with van der Waals surface area (Å²) in [7, 11) is 3.46. The Kier molecular flexibility index (Phi) is 5.39. The molecule has 0 spiro atoms. The monoisotopic (exact) mass is 239 g/mol. The quantitative estimate of drug-likeness (QED) is 0.715. The van der Waals surface area contributed by atoms with Crippen LogP contribution in [0.4, 0.5) is 0 Å². The van der Waals surface area contributed by atoms with Crippen LogP contribution in [0, 0.1) is 11.3 Å². The van der Waals surface area contributed by atoms with Crippen molar-refractivity contribution in [2.75, 3.05) is 33.9 Å². The Morgan fingerprint density at radius 1 is 1.59 bits per heavy atom. The summed E-state index contributed by atoms with van der Waals surface area (Å²) >= 11 is 0. The van der Waals surface area contributed by atoms with Crippen LogP contribution in [0.5, 0.6) is 0 Å². The van der Waals surface area contributed by atoms with E-state index in [0.717, 1.165) is 13.0 Å². The molecule has 0 N–H and O–H groups in total. The van der Waals surface area contributed by atoms with E-state index in [-0.39, 0.29) is 24.4 Å². The first-order valence-corrected chi connectivity index (χ1v) is 5.98. The summed E-state index contributed by atoms with van der Waals surface area (Å²) in [5.41, 5.74) is 0. The molecule has 1 aliphatic rings. The van der Waals surface area contributed by atoms with Gasteiger partial charge in [-0.2, -0.15) is 5.26 Å². The molecular weight excluding hydrogens is 218 g/mol. The maximum atomic E-state index is 12.2. The molecule has 2 atom stereocenters. The second kappa shape index (κ2) is 6.58. The summed E-state index contributed by atoms with van der Waals surface area (Å²) in [5.74, 6) is 0.0488. The second-order valence-corrected chi connectivity index (χ2v) is 4.49. The highest BCUT2D eigenvalue weighted by molar-refractivity contribution is 5.82. The number of likely N-dealkylation sites (N-methyl/N-ethyl adjacent to an activating group) is 1. The Bertz CT molecular complexity index is 301. The molecule has 0 aliphatic carbocycles. The Balaban J connectivity index is 2.79. The lowest BCUT2D eigenvalue weighted by molar-refractivity contribution is -0.135. The number of hydrogen-bond donors (Lipinski definition) is 0. The topological polar surface area (TPSA) is 56.6 Å². The molecule has 1 fully saturated rings. The van der Waals surface area contributed by atoms with Crippen molar-refractivity contribution >= 4 is 5.91 Å². The van der Waals surface area contributed by atoms with E-state index >= 15 is 0 Å². The fourth-order valence-corrected chi connectivity index (χ4v) is 2.09. The van der Waals surface area contributed by atoms with Crippen molar-refractivity contribution in [2.24, 2.45) is 0 Å². The molecule has 0 saturated carbocycles. The molecular formula is C12H21N3O2. The number of nitriles is 1. The molecule has 1 saturated heterocycles. The molecule has 5 heteroatoms. The molecule has 0 aromatic carbocycles. The van der Waals surface area contributed by atoms with Gasteiger partial charge in [0.25, 0.3) is 0 Å². The summed E-state index contributed by atoms with van der Waals surface area (Å²) < 4.78 is 5.05. The van der Waals surface area contributed by atoms with Gasteiger partial charge >= 0.3 is 0 Å². The fourth-order valence-electron chi connectivity index (χ4n) is 2.09. The molecule has 17 heavy (non-hydrogen) atoms. The van der Waals surface area contributed by atoms with Crippen molar-refractivity contribution in [3.05, 3.63) is 0 Å². The van der Waals surface area contributed by atoms with Gasteiger partial charge in [-0.15, -0.1) is 0 Å². The van der Waals surface area contributed by atoms with Crippen LogP contribution in [0.3, 0.4) is 0 Å². The van der Waals surface area contributed by atoms with Gasteiger partial charge in [-0.1, -0.05) is 0 Å². The average molecular weight is 239 g/mol. The van der Waals surface area contributed by atoms with E-state index in [9.17, 15) is 4.79 Å². The standard InChI is InChI=1S/C12H21N3O2/c1-10-5-7-15(8-9-17-3)11(4-6-13)12(16)14(10)2/h10-11H,4-5,7-9H2,1-3H3. The van der Waals surface area contributed by atoms with Gasteiger partial charge in [0.1, 0.15) is 6.04 Å². The number of carbonyl (C=O) groups excluding carboxylic acids is 1. The zero-order chi connectivity index (χ0) is 12.8. The average Bonchev–Trinajstić information content (AvgIpc) is 2.42. The van der Waals surface area contributed by atoms with Crippen molar-refractivity contribution in [1.29, 1.82) is 5.26 Å². The van der Waals surface area contributed by atoms with Crippen LogP contribution < -0.4 is 0 Å². The summed E-state index contributed by atoms with van der Waals surface area (Å²) in [6.07, 6.45) is 1.19. The normalized spacial score (nSPS) is 26.7. The van der Waals surface area contributed by atoms with Gasteiger partial charge in [0, 0.05) is 33.3 Å². The van der Waals surface area contributed by atoms with E-state index in [1.54, 1.807) is 12.0 Å². The summed E-state index contributed by atoms with van der Waals surface area (Å²) in [5, 5.41) is 8.84. The zero-order valence-electron chi connectivity index (χ0n) is 10.8. The Morgan fingerprint density at radius 3 is 2.88 bits per heavy atom. The molecule has 96 valence electrons. The van der Waals surface area contributed by atoms with Gasteiger partial charge in [-0.3, -0.25) is 9.69 Å². The predicted octanol–water partition coefficient (Wildman–Crippen LogP) is 0.468. The third-order valence-electron chi connectivity index (χ3n) is 3.44. The highest BCUT2D eigenvalue weighted by atomic mass is 16.5. The van der Waals surface area contributed by atoms with E-state index in [1.165, 1.54) is 0 Å². The van der Waals surface area contributed by atoms with Crippen LogP contribution in [0.25, 0.3) is 0 Å². The molecule has 1 aliphatic heterocycles. The smallest absolute Gasteiger partial charge is 0.240 e. The molecule has 0 aromatic heterocycles. The van der Waals surface area contributed by atoms with Crippen LogP contribution in [-0.4, -0.2) is 61.6 Å². The molecule has 2 unspecified atom stereocenters. The minimum atomic E-state index is -0.315. The Morgan fingerprint density at radius 2 is 2.29 bits per heavy atom. The number of rotatable bonds is 4.